The number of cyclic esters (lactones) is 2. The Morgan fingerprint density at radius 1 is 1.24 bits per heavy atom. The highest BCUT2D eigenvalue weighted by atomic mass is 28.3. The number of hydrogen-bond acceptors (Lipinski definition) is 6. The normalized spacial score (nSPS) is 19.0. The molecule has 1 heterocycles. The number of rotatable bonds is 5. The van der Waals surface area contributed by atoms with E-state index in [2.05, 4.69) is 4.74 Å². The van der Waals surface area contributed by atoms with Crippen LogP contribution < -0.4 is 0 Å². The summed E-state index contributed by atoms with van der Waals surface area (Å²) in [7, 11) is 3.05. The molecule has 0 aliphatic carbocycles. The zero-order chi connectivity index (χ0) is 13.3. The molecule has 0 radical (unpaired) electrons. The first kappa shape index (κ1) is 16.2. The summed E-state index contributed by atoms with van der Waals surface area (Å²) >= 11 is 0. The van der Waals surface area contributed by atoms with E-state index in [1.807, 2.05) is 6.92 Å². The summed E-state index contributed by atoms with van der Waals surface area (Å²) in [6, 6.07) is 0. The van der Waals surface area contributed by atoms with Gasteiger partial charge >= 0.3 is 21.5 Å². The minimum absolute atomic E-state index is 0.155. The minimum atomic E-state index is -1.67. The number of esters is 2. The van der Waals surface area contributed by atoms with E-state index < -0.39 is 9.53 Å². The third kappa shape index (κ3) is 6.52. The van der Waals surface area contributed by atoms with Crippen LogP contribution in [0, 0.1) is 5.92 Å². The molecule has 0 N–H and O–H groups in total. The molecule has 1 aliphatic heterocycles. The maximum Gasteiger partial charge on any atom is 0.483 e. The van der Waals surface area contributed by atoms with Crippen molar-refractivity contribution >= 4 is 21.5 Å². The van der Waals surface area contributed by atoms with Gasteiger partial charge in [0, 0.05) is 21.3 Å². The number of carbonyl (C=O) groups is 2. The van der Waals surface area contributed by atoms with Crippen LogP contribution in [-0.4, -0.2) is 42.8 Å². The molecule has 1 atom stereocenters. The summed E-state index contributed by atoms with van der Waals surface area (Å²) in [4.78, 5) is 21.2. The fourth-order valence-electron chi connectivity index (χ4n) is 1.38. The lowest BCUT2D eigenvalue weighted by atomic mass is 10.0. The number of carbonyl (C=O) groups excluding carboxylic acids is 2. The molecule has 17 heavy (non-hydrogen) atoms. The lowest BCUT2D eigenvalue weighted by Gasteiger charge is -2.05. The average Bonchev–Trinajstić information content (AvgIpc) is 2.61. The highest BCUT2D eigenvalue weighted by molar-refractivity contribution is 6.36. The fraction of sp³-hybridized carbons (Fsp3) is 0.800. The van der Waals surface area contributed by atoms with Crippen LogP contribution in [-0.2, 0) is 27.6 Å². The van der Waals surface area contributed by atoms with Gasteiger partial charge in [0.25, 0.3) is 0 Å². The van der Waals surface area contributed by atoms with Gasteiger partial charge in [-0.15, -0.1) is 0 Å². The lowest BCUT2D eigenvalue weighted by Crippen LogP contribution is -2.21. The quantitative estimate of drug-likeness (QED) is 0.409. The van der Waals surface area contributed by atoms with Crippen LogP contribution in [0.2, 0.25) is 0 Å². The van der Waals surface area contributed by atoms with Gasteiger partial charge in [0.15, 0.2) is 0 Å². The molecule has 0 aromatic carbocycles. The Bertz CT molecular complexity index is 235. The molecule has 1 saturated heterocycles. The van der Waals surface area contributed by atoms with E-state index in [9.17, 15) is 9.59 Å². The molecule has 0 bridgehead atoms. The largest absolute Gasteiger partial charge is 0.483 e. The standard InChI is InChI=1S/C7H10O3.C3H10O3Si/c1-2-3-5-4-6(8)10-7(5)9;1-4-7(5-2)6-3/h5H,2-4H2,1H3;7H,1-3H3. The van der Waals surface area contributed by atoms with Crippen LogP contribution in [0.4, 0.5) is 0 Å². The van der Waals surface area contributed by atoms with Crippen molar-refractivity contribution < 1.29 is 27.6 Å². The first-order valence-electron chi connectivity index (χ1n) is 5.41. The molecule has 0 spiro atoms. The van der Waals surface area contributed by atoms with Gasteiger partial charge in [-0.05, 0) is 6.42 Å². The molecule has 7 heteroatoms. The molecule has 1 rings (SSSR count). The van der Waals surface area contributed by atoms with Crippen LogP contribution in [0.5, 0.6) is 0 Å². The van der Waals surface area contributed by atoms with Crippen LogP contribution in [0.25, 0.3) is 0 Å². The molecule has 0 aromatic heterocycles. The van der Waals surface area contributed by atoms with Gasteiger partial charge in [0.1, 0.15) is 0 Å². The smallest absolute Gasteiger partial charge is 0.393 e. The molecule has 0 amide bonds. The summed E-state index contributed by atoms with van der Waals surface area (Å²) in [5.74, 6) is -0.868. The zero-order valence-corrected chi connectivity index (χ0v) is 11.9. The Morgan fingerprint density at radius 3 is 2.00 bits per heavy atom. The van der Waals surface area contributed by atoms with Gasteiger partial charge in [0.05, 0.1) is 12.3 Å². The second-order valence-electron chi connectivity index (χ2n) is 3.48. The van der Waals surface area contributed by atoms with Crippen molar-refractivity contribution in [3.05, 3.63) is 0 Å². The zero-order valence-electron chi connectivity index (χ0n) is 10.7. The molecular weight excluding hydrogens is 244 g/mol. The van der Waals surface area contributed by atoms with E-state index in [0.29, 0.717) is 0 Å². The summed E-state index contributed by atoms with van der Waals surface area (Å²) < 4.78 is 18.6. The van der Waals surface area contributed by atoms with E-state index in [0.717, 1.165) is 12.8 Å². The first-order valence-corrected chi connectivity index (χ1v) is 6.83. The SMILES string of the molecule is CCCC1CC(=O)OC1=O.CO[SiH](OC)OC. The second-order valence-corrected chi connectivity index (χ2v) is 5.47. The molecule has 0 saturated carbocycles. The summed E-state index contributed by atoms with van der Waals surface area (Å²) in [5, 5.41) is 0. The van der Waals surface area contributed by atoms with Gasteiger partial charge in [-0.1, -0.05) is 13.3 Å². The van der Waals surface area contributed by atoms with Crippen LogP contribution in [0.3, 0.4) is 0 Å². The molecular formula is C10H20O6Si. The van der Waals surface area contributed by atoms with Crippen molar-refractivity contribution in [2.24, 2.45) is 5.92 Å². The van der Waals surface area contributed by atoms with Crippen molar-refractivity contribution in [1.82, 2.24) is 0 Å². The third-order valence-electron chi connectivity index (χ3n) is 2.18. The predicted octanol–water partition coefficient (Wildman–Crippen LogP) is 0.519. The Kier molecular flexibility index (Phi) is 8.87. The van der Waals surface area contributed by atoms with Crippen LogP contribution in [0.1, 0.15) is 26.2 Å². The maximum absolute atomic E-state index is 10.7. The van der Waals surface area contributed by atoms with Crippen LogP contribution in [0.15, 0.2) is 0 Å². The van der Waals surface area contributed by atoms with E-state index in [4.69, 9.17) is 13.3 Å². The van der Waals surface area contributed by atoms with Gasteiger partial charge < -0.3 is 18.0 Å². The molecule has 0 aromatic rings. The Hall–Kier alpha value is -0.763. The molecule has 1 fully saturated rings. The van der Waals surface area contributed by atoms with Gasteiger partial charge in [-0.2, -0.15) is 0 Å². The molecule has 1 unspecified atom stereocenters. The lowest BCUT2D eigenvalue weighted by molar-refractivity contribution is -0.153. The minimum Gasteiger partial charge on any atom is -0.393 e. The van der Waals surface area contributed by atoms with Crippen molar-refractivity contribution in [2.75, 3.05) is 21.3 Å². The Balaban J connectivity index is 0.000000325. The highest BCUT2D eigenvalue weighted by Gasteiger charge is 2.32. The second kappa shape index (κ2) is 9.29. The maximum atomic E-state index is 10.7. The van der Waals surface area contributed by atoms with Crippen molar-refractivity contribution in [3.8, 4) is 0 Å². The summed E-state index contributed by atoms with van der Waals surface area (Å²) in [6.07, 6.45) is 1.98. The topological polar surface area (TPSA) is 71.1 Å². The van der Waals surface area contributed by atoms with E-state index in [1.54, 1.807) is 21.3 Å². The number of ether oxygens (including phenoxy) is 1. The summed E-state index contributed by atoms with van der Waals surface area (Å²) in [5.41, 5.74) is 0. The van der Waals surface area contributed by atoms with Gasteiger partial charge in [-0.3, -0.25) is 9.59 Å². The molecule has 6 nitrogen and oxygen atoms in total. The average molecular weight is 264 g/mol. The van der Waals surface area contributed by atoms with E-state index >= 15 is 0 Å². The van der Waals surface area contributed by atoms with Crippen LogP contribution >= 0.6 is 0 Å². The number of hydrogen-bond donors (Lipinski definition) is 0. The monoisotopic (exact) mass is 264 g/mol. The molecule has 1 aliphatic rings. The highest BCUT2D eigenvalue weighted by Crippen LogP contribution is 2.20. The summed E-state index contributed by atoms with van der Waals surface area (Å²) in [6.45, 7) is 1.98. The van der Waals surface area contributed by atoms with Crippen molar-refractivity contribution in [3.63, 3.8) is 0 Å². The van der Waals surface area contributed by atoms with Crippen molar-refractivity contribution in [1.29, 1.82) is 0 Å². The molecule has 100 valence electrons. The third-order valence-corrected chi connectivity index (χ3v) is 3.33. The van der Waals surface area contributed by atoms with Gasteiger partial charge in [-0.25, -0.2) is 0 Å². The van der Waals surface area contributed by atoms with Crippen molar-refractivity contribution in [2.45, 2.75) is 26.2 Å². The Morgan fingerprint density at radius 2 is 1.76 bits per heavy atom. The van der Waals surface area contributed by atoms with E-state index in [1.165, 1.54) is 0 Å². The first-order chi connectivity index (χ1) is 8.08. The predicted molar refractivity (Wildman–Crippen MR) is 62.3 cm³/mol. The van der Waals surface area contributed by atoms with Gasteiger partial charge in [0.2, 0.25) is 0 Å². The Labute approximate surface area is 103 Å². The van der Waals surface area contributed by atoms with E-state index in [-0.39, 0.29) is 24.3 Å². The fourth-order valence-corrected chi connectivity index (χ4v) is 1.96.